The summed E-state index contributed by atoms with van der Waals surface area (Å²) in [4.78, 5) is 25.3. The van der Waals surface area contributed by atoms with Gasteiger partial charge in [0, 0.05) is 47.0 Å². The van der Waals surface area contributed by atoms with E-state index in [2.05, 4.69) is 5.32 Å². The number of fused-ring (bicyclic) bond motifs is 1. The summed E-state index contributed by atoms with van der Waals surface area (Å²) in [5, 5.41) is 12.9. The number of benzene rings is 3. The Morgan fingerprint density at radius 3 is 2.13 bits per heavy atom. The van der Waals surface area contributed by atoms with Gasteiger partial charge >= 0.3 is 5.97 Å². The molecule has 1 heterocycles. The number of nitrogens with one attached hydrogen (secondary N) is 1. The fourth-order valence-electron chi connectivity index (χ4n) is 5.47. The number of allylic oxidation sites excluding steroid dienone is 2. The van der Waals surface area contributed by atoms with E-state index < -0.39 is 11.9 Å². The Morgan fingerprint density at radius 2 is 1.50 bits per heavy atom. The number of rotatable bonds is 7. The van der Waals surface area contributed by atoms with E-state index in [1.54, 1.807) is 58.8 Å². The van der Waals surface area contributed by atoms with E-state index in [0.717, 1.165) is 28.1 Å². The highest BCUT2D eigenvalue weighted by molar-refractivity contribution is 6.02. The monoisotopic (exact) mass is 515 g/mol. The predicted octanol–water partition coefficient (Wildman–Crippen LogP) is 5.38. The Balaban J connectivity index is 1.63. The first-order valence-electron chi connectivity index (χ1n) is 12.2. The summed E-state index contributed by atoms with van der Waals surface area (Å²) in [5.74, 6) is 0.986. The molecule has 3 aromatic rings. The van der Waals surface area contributed by atoms with Crippen molar-refractivity contribution in [1.29, 1.82) is 0 Å². The van der Waals surface area contributed by atoms with Crippen molar-refractivity contribution < 1.29 is 33.6 Å². The van der Waals surface area contributed by atoms with Gasteiger partial charge in [0.25, 0.3) is 0 Å². The van der Waals surface area contributed by atoms with Gasteiger partial charge in [-0.25, -0.2) is 4.79 Å². The molecule has 0 radical (unpaired) electrons. The van der Waals surface area contributed by atoms with Crippen molar-refractivity contribution in [2.75, 3.05) is 33.8 Å². The van der Waals surface area contributed by atoms with Gasteiger partial charge in [-0.1, -0.05) is 18.2 Å². The molecule has 1 aliphatic heterocycles. The van der Waals surface area contributed by atoms with Gasteiger partial charge in [-0.3, -0.25) is 4.79 Å². The summed E-state index contributed by atoms with van der Waals surface area (Å²) in [6.07, 6.45) is 0.937. The van der Waals surface area contributed by atoms with Gasteiger partial charge in [0.1, 0.15) is 11.5 Å². The second-order valence-electron chi connectivity index (χ2n) is 9.31. The average molecular weight is 516 g/mol. The number of ether oxygens (including phenoxy) is 4. The van der Waals surface area contributed by atoms with Crippen LogP contribution in [0.5, 0.6) is 23.0 Å². The van der Waals surface area contributed by atoms with E-state index in [1.807, 2.05) is 24.3 Å². The molecule has 0 amide bonds. The number of carbonyl (C=O) groups is 2. The number of carboxylic acid groups (broad SMARTS) is 1. The number of Topliss-reactive ketones (excluding diaryl/α,β-unsaturated/α-hetero) is 1. The van der Waals surface area contributed by atoms with Crippen molar-refractivity contribution in [2.24, 2.45) is 0 Å². The maximum Gasteiger partial charge on any atom is 0.335 e. The van der Waals surface area contributed by atoms with Crippen molar-refractivity contribution in [3.63, 3.8) is 0 Å². The molecule has 196 valence electrons. The van der Waals surface area contributed by atoms with Crippen LogP contribution in [-0.2, 0) is 4.79 Å². The van der Waals surface area contributed by atoms with Crippen LogP contribution in [0.4, 0.5) is 5.69 Å². The summed E-state index contributed by atoms with van der Waals surface area (Å²) in [6, 6.07) is 16.1. The quantitative estimate of drug-likeness (QED) is 0.433. The molecule has 0 saturated carbocycles. The highest BCUT2D eigenvalue weighted by Gasteiger charge is 2.40. The standard InChI is InChI=1S/C30H29NO7/c1-35-20-14-22-29(26(15-20)38-4)27(16-5-7-17(8-6-16)30(33)34)28-21(31-22)11-19(12-23(28)32)18-9-10-24(36-2)25(13-18)37-3/h5-10,13-15,19,27,31H,11-12H2,1-4H3,(H,33,34)/t19-,27+/m1/s1. The Bertz CT molecular complexity index is 1440. The molecule has 0 saturated heterocycles. The lowest BCUT2D eigenvalue weighted by Gasteiger charge is -2.37. The molecule has 0 aromatic heterocycles. The topological polar surface area (TPSA) is 103 Å². The second kappa shape index (κ2) is 10.1. The third kappa shape index (κ3) is 4.32. The molecule has 0 spiro atoms. The Labute approximate surface area is 220 Å². The van der Waals surface area contributed by atoms with Crippen molar-refractivity contribution >= 4 is 17.4 Å². The van der Waals surface area contributed by atoms with Crippen LogP contribution in [0.2, 0.25) is 0 Å². The van der Waals surface area contributed by atoms with Gasteiger partial charge in [0.2, 0.25) is 0 Å². The summed E-state index contributed by atoms with van der Waals surface area (Å²) >= 11 is 0. The minimum atomic E-state index is -1.00. The van der Waals surface area contributed by atoms with Crippen LogP contribution in [0, 0.1) is 0 Å². The lowest BCUT2D eigenvalue weighted by molar-refractivity contribution is -0.116. The van der Waals surface area contributed by atoms with Crippen molar-refractivity contribution in [2.45, 2.75) is 24.7 Å². The van der Waals surface area contributed by atoms with Gasteiger partial charge in [-0.2, -0.15) is 0 Å². The normalized spacial score (nSPS) is 18.2. The number of hydrogen-bond donors (Lipinski definition) is 2. The van der Waals surface area contributed by atoms with Crippen LogP contribution in [0.15, 0.2) is 65.9 Å². The third-order valence-electron chi connectivity index (χ3n) is 7.31. The first-order chi connectivity index (χ1) is 18.4. The molecule has 1 aliphatic carbocycles. The number of methoxy groups -OCH3 is 4. The van der Waals surface area contributed by atoms with Gasteiger partial charge in [0.15, 0.2) is 17.3 Å². The van der Waals surface area contributed by atoms with Crippen LogP contribution in [0.1, 0.15) is 51.7 Å². The molecule has 2 atom stereocenters. The maximum atomic E-state index is 13.9. The van der Waals surface area contributed by atoms with E-state index in [4.69, 9.17) is 18.9 Å². The Hall–Kier alpha value is -4.46. The van der Waals surface area contributed by atoms with E-state index in [1.165, 1.54) is 0 Å². The van der Waals surface area contributed by atoms with E-state index in [9.17, 15) is 14.7 Å². The van der Waals surface area contributed by atoms with Crippen molar-refractivity contribution in [3.05, 3.63) is 88.1 Å². The van der Waals surface area contributed by atoms with E-state index in [-0.39, 0.29) is 17.3 Å². The minimum absolute atomic E-state index is 0.0226. The molecule has 8 heteroatoms. The van der Waals surface area contributed by atoms with Crippen LogP contribution < -0.4 is 24.3 Å². The number of ketones is 1. The number of hydrogen-bond acceptors (Lipinski definition) is 7. The molecule has 8 nitrogen and oxygen atoms in total. The summed E-state index contributed by atoms with van der Waals surface area (Å²) in [7, 11) is 6.36. The van der Waals surface area contributed by atoms with Crippen molar-refractivity contribution in [1.82, 2.24) is 0 Å². The van der Waals surface area contributed by atoms with Crippen LogP contribution in [0.3, 0.4) is 0 Å². The summed E-state index contributed by atoms with van der Waals surface area (Å²) in [6.45, 7) is 0. The fraction of sp³-hybridized carbons (Fsp3) is 0.267. The number of aromatic carboxylic acids is 1. The number of carboxylic acids is 1. The number of carbonyl (C=O) groups excluding carboxylic acids is 1. The van der Waals surface area contributed by atoms with Crippen LogP contribution in [-0.4, -0.2) is 45.3 Å². The molecule has 38 heavy (non-hydrogen) atoms. The fourth-order valence-corrected chi connectivity index (χ4v) is 5.47. The highest BCUT2D eigenvalue weighted by atomic mass is 16.5. The molecule has 0 unspecified atom stereocenters. The minimum Gasteiger partial charge on any atom is -0.497 e. The van der Waals surface area contributed by atoms with Crippen LogP contribution >= 0.6 is 0 Å². The molecule has 2 N–H and O–H groups in total. The van der Waals surface area contributed by atoms with Crippen molar-refractivity contribution in [3.8, 4) is 23.0 Å². The first kappa shape index (κ1) is 25.2. The van der Waals surface area contributed by atoms with E-state index >= 15 is 0 Å². The Morgan fingerprint density at radius 1 is 0.816 bits per heavy atom. The molecular weight excluding hydrogens is 486 g/mol. The largest absolute Gasteiger partial charge is 0.497 e. The lowest BCUT2D eigenvalue weighted by atomic mass is 9.71. The second-order valence-corrected chi connectivity index (χ2v) is 9.31. The lowest BCUT2D eigenvalue weighted by Crippen LogP contribution is -2.30. The zero-order valence-corrected chi connectivity index (χ0v) is 21.7. The zero-order valence-electron chi connectivity index (χ0n) is 21.7. The van der Waals surface area contributed by atoms with Gasteiger partial charge in [-0.05, 0) is 47.7 Å². The summed E-state index contributed by atoms with van der Waals surface area (Å²) in [5.41, 5.74) is 5.08. The van der Waals surface area contributed by atoms with Gasteiger partial charge in [-0.15, -0.1) is 0 Å². The highest BCUT2D eigenvalue weighted by Crippen LogP contribution is 2.52. The molecular formula is C30H29NO7. The zero-order chi connectivity index (χ0) is 27.0. The predicted molar refractivity (Wildman–Crippen MR) is 142 cm³/mol. The molecule has 3 aromatic carbocycles. The van der Waals surface area contributed by atoms with Gasteiger partial charge < -0.3 is 29.4 Å². The maximum absolute atomic E-state index is 13.9. The smallest absolute Gasteiger partial charge is 0.335 e. The average Bonchev–Trinajstić information content (AvgIpc) is 2.94. The first-order valence-corrected chi connectivity index (χ1v) is 12.2. The van der Waals surface area contributed by atoms with E-state index in [0.29, 0.717) is 41.4 Å². The molecule has 0 bridgehead atoms. The molecule has 0 fully saturated rings. The summed E-state index contributed by atoms with van der Waals surface area (Å²) < 4.78 is 22.1. The third-order valence-corrected chi connectivity index (χ3v) is 7.31. The SMILES string of the molecule is COc1cc2c(c(OC)c1)[C@@H](c1ccc(C(=O)O)cc1)C1=C(C[C@@H](c3ccc(OC)c(OC)c3)CC1=O)N2. The Kier molecular flexibility index (Phi) is 6.72. The molecule has 5 rings (SSSR count). The molecule has 2 aliphatic rings. The van der Waals surface area contributed by atoms with Gasteiger partial charge in [0.05, 0.1) is 34.0 Å². The van der Waals surface area contributed by atoms with Crippen LogP contribution in [0.25, 0.3) is 0 Å². The number of anilines is 1.